The van der Waals surface area contributed by atoms with Gasteiger partial charge in [0.05, 0.1) is 0 Å². The Morgan fingerprint density at radius 1 is 0.333 bits per heavy atom. The van der Waals surface area contributed by atoms with E-state index in [1.165, 1.54) is 0 Å². The van der Waals surface area contributed by atoms with Crippen molar-refractivity contribution in [1.82, 2.24) is 0 Å². The molecule has 6 heavy (non-hydrogen) atoms. The molecule has 0 nitrogen and oxygen atoms in total. The van der Waals surface area contributed by atoms with Crippen LogP contribution in [0.15, 0.2) is 0 Å². The van der Waals surface area contributed by atoms with Gasteiger partial charge in [0.1, 0.15) is 0 Å². The van der Waals surface area contributed by atoms with Crippen molar-refractivity contribution in [3.63, 3.8) is 0 Å². The van der Waals surface area contributed by atoms with Crippen LogP contribution in [0, 0.1) is 0 Å². The predicted molar refractivity (Wildman–Crippen MR) is 20.2 cm³/mol. The minimum absolute atomic E-state index is 0. The summed E-state index contributed by atoms with van der Waals surface area (Å²) < 4.78 is 0. The maximum Gasteiger partial charge on any atom is 0 e. The molecule has 0 aliphatic carbocycles. The van der Waals surface area contributed by atoms with E-state index in [4.69, 9.17) is 0 Å². The maximum absolute atomic E-state index is 0. The van der Waals surface area contributed by atoms with Gasteiger partial charge in [0.15, 0.2) is 0 Å². The molecule has 0 aromatic heterocycles. The molecule has 0 aromatic carbocycles. The van der Waals surface area contributed by atoms with Crippen molar-refractivity contribution < 1.29 is 52.1 Å². The average Bonchev–Trinajstić information content (AvgIpc) is 0. The van der Waals surface area contributed by atoms with Gasteiger partial charge in [0.2, 0.25) is 0 Å². The van der Waals surface area contributed by atoms with E-state index in [-0.39, 0.29) is 74.4 Å². The third-order valence-corrected chi connectivity index (χ3v) is 0. The van der Waals surface area contributed by atoms with Gasteiger partial charge in [-0.3, -0.25) is 0 Å². The van der Waals surface area contributed by atoms with E-state index < -0.39 is 0 Å². The summed E-state index contributed by atoms with van der Waals surface area (Å²) in [5.41, 5.74) is 0. The Morgan fingerprint density at radius 3 is 0.333 bits per heavy atom. The Morgan fingerprint density at radius 2 is 0.333 bits per heavy atom. The van der Waals surface area contributed by atoms with Gasteiger partial charge < -0.3 is 0 Å². The van der Waals surface area contributed by atoms with Crippen molar-refractivity contribution >= 4 is 0 Å². The first-order valence-electron chi connectivity index (χ1n) is 0. The van der Waals surface area contributed by atoms with E-state index >= 15 is 0 Å². The molecular weight excluding hydrogens is 192 g/mol. The zero-order valence-corrected chi connectivity index (χ0v) is 5.05. The molecule has 0 saturated heterocycles. The first-order chi connectivity index (χ1) is 0. The van der Waals surface area contributed by atoms with Crippen LogP contribution in [0.4, 0.5) is 0 Å². The second-order valence-corrected chi connectivity index (χ2v) is 0. The van der Waals surface area contributed by atoms with Crippen LogP contribution in [0.25, 0.3) is 0 Å². The van der Waals surface area contributed by atoms with E-state index in [1.807, 2.05) is 0 Å². The molecule has 0 spiro atoms. The molecule has 0 atom stereocenters. The van der Waals surface area contributed by atoms with Crippen molar-refractivity contribution in [3.05, 3.63) is 0 Å². The Hall–Kier alpha value is 1.60. The van der Waals surface area contributed by atoms with E-state index in [2.05, 4.69) is 0 Å². The molecule has 3 heteroatoms. The van der Waals surface area contributed by atoms with Gasteiger partial charge in [0, 0.05) is 52.1 Å². The molecule has 0 aliphatic rings. The van der Waals surface area contributed by atoms with Crippen molar-refractivity contribution in [2.24, 2.45) is 0 Å². The minimum Gasteiger partial charge on any atom is -0.0776 e. The van der Waals surface area contributed by atoms with Gasteiger partial charge >= 0.3 is 0 Å². The van der Waals surface area contributed by atoms with Gasteiger partial charge in [0.25, 0.3) is 0 Å². The molecule has 0 rings (SSSR count). The van der Waals surface area contributed by atoms with Crippen molar-refractivity contribution in [2.45, 2.75) is 22.3 Å². The van der Waals surface area contributed by atoms with Crippen molar-refractivity contribution in [3.8, 4) is 0 Å². The van der Waals surface area contributed by atoms with Gasteiger partial charge in [-0.25, -0.2) is 0 Å². The summed E-state index contributed by atoms with van der Waals surface area (Å²) in [4.78, 5) is 0. The maximum atomic E-state index is 0. The zero-order valence-electron chi connectivity index (χ0n) is 1.22. The fourth-order valence-electron chi connectivity index (χ4n) is 0. The molecule has 0 radical (unpaired) electrons. The first-order valence-corrected chi connectivity index (χ1v) is 0. The second kappa shape index (κ2) is 81.0. The largest absolute Gasteiger partial charge is 0.0776 e. The summed E-state index contributed by atoms with van der Waals surface area (Å²) in [7, 11) is 0. The first kappa shape index (κ1) is 130. The van der Waals surface area contributed by atoms with Crippen LogP contribution in [0.1, 0.15) is 22.3 Å². The fraction of sp³-hybridized carbons (Fsp3) is 1.00. The zero-order chi connectivity index (χ0) is 0. The molecule has 0 aromatic rings. The summed E-state index contributed by atoms with van der Waals surface area (Å²) in [5, 5.41) is 0. The van der Waals surface area contributed by atoms with Gasteiger partial charge in [-0.1, -0.05) is 22.3 Å². The quantitative estimate of drug-likeness (QED) is 0.565. The third-order valence-electron chi connectivity index (χ3n) is 0. The Balaban J connectivity index is 0. The SMILES string of the molecule is C.C.C.[Cr].[Cr].[Cr]. The summed E-state index contributed by atoms with van der Waals surface area (Å²) in [6.45, 7) is 0. The van der Waals surface area contributed by atoms with E-state index in [9.17, 15) is 0 Å². The fourth-order valence-corrected chi connectivity index (χ4v) is 0. The Kier molecular flexibility index (Phi) is 1750. The molecule has 0 bridgehead atoms. The molecule has 0 unspecified atom stereocenters. The monoisotopic (exact) mass is 204 g/mol. The van der Waals surface area contributed by atoms with Gasteiger partial charge in [-0.2, -0.15) is 0 Å². The normalized spacial score (nSPS) is 0. The molecule has 0 aliphatic heterocycles. The van der Waals surface area contributed by atoms with Crippen LogP contribution in [0.2, 0.25) is 0 Å². The number of hydrogen-bond acceptors (Lipinski definition) is 0. The molecule has 0 fully saturated rings. The minimum atomic E-state index is 0. The summed E-state index contributed by atoms with van der Waals surface area (Å²) in [6, 6.07) is 0. The summed E-state index contributed by atoms with van der Waals surface area (Å²) in [5.74, 6) is 0. The van der Waals surface area contributed by atoms with Crippen molar-refractivity contribution in [2.75, 3.05) is 0 Å². The van der Waals surface area contributed by atoms with E-state index in [0.717, 1.165) is 0 Å². The van der Waals surface area contributed by atoms with E-state index in [1.54, 1.807) is 0 Å². The summed E-state index contributed by atoms with van der Waals surface area (Å²) >= 11 is 0. The van der Waals surface area contributed by atoms with Crippen molar-refractivity contribution in [1.29, 1.82) is 0 Å². The molecule has 0 saturated carbocycles. The predicted octanol–water partition coefficient (Wildman–Crippen LogP) is 1.90. The topological polar surface area (TPSA) is 0 Å². The third kappa shape index (κ3) is 46.4. The molecule has 42 valence electrons. The van der Waals surface area contributed by atoms with Crippen LogP contribution in [0.3, 0.4) is 0 Å². The van der Waals surface area contributed by atoms with Crippen LogP contribution in [-0.2, 0) is 52.1 Å². The summed E-state index contributed by atoms with van der Waals surface area (Å²) in [6.07, 6.45) is 0. The Bertz CT molecular complexity index is 6.00. The molecule has 0 amide bonds. The smallest absolute Gasteiger partial charge is 0 e. The van der Waals surface area contributed by atoms with Gasteiger partial charge in [-0.15, -0.1) is 0 Å². The second-order valence-electron chi connectivity index (χ2n) is 0. The Labute approximate surface area is 74.1 Å². The standard InChI is InChI=1S/3CH4.3Cr/h3*1H4;;;. The van der Waals surface area contributed by atoms with Crippen LogP contribution in [0.5, 0.6) is 0 Å². The molecule has 0 heterocycles. The number of rotatable bonds is 0. The van der Waals surface area contributed by atoms with Crippen LogP contribution >= 0.6 is 0 Å². The van der Waals surface area contributed by atoms with E-state index in [0.29, 0.717) is 0 Å². The van der Waals surface area contributed by atoms with Gasteiger partial charge in [-0.05, 0) is 0 Å². The molecule has 0 N–H and O–H groups in total. The number of hydrogen-bond donors (Lipinski definition) is 0. The van der Waals surface area contributed by atoms with Crippen LogP contribution < -0.4 is 0 Å². The van der Waals surface area contributed by atoms with Crippen LogP contribution in [-0.4, -0.2) is 0 Å². The molecular formula is C3H12Cr3. The average molecular weight is 204 g/mol.